The molecular weight excluding hydrogens is 226 g/mol. The fourth-order valence-corrected chi connectivity index (χ4v) is 2.31. The lowest BCUT2D eigenvalue weighted by molar-refractivity contribution is -0.128. The van der Waals surface area contributed by atoms with E-state index in [1.54, 1.807) is 0 Å². The summed E-state index contributed by atoms with van der Waals surface area (Å²) in [5, 5.41) is 4.37. The molecule has 4 nitrogen and oxygen atoms in total. The van der Waals surface area contributed by atoms with E-state index in [0.717, 1.165) is 30.7 Å². The molecule has 0 aromatic carbocycles. The Labute approximate surface area is 110 Å². The molecule has 0 aliphatic rings. The minimum Gasteiger partial charge on any atom is -0.329 e. The normalized spacial score (nSPS) is 11.8. The summed E-state index contributed by atoms with van der Waals surface area (Å²) in [7, 11) is 1.89. The van der Waals surface area contributed by atoms with Gasteiger partial charge in [0.2, 0.25) is 0 Å². The molecule has 102 valence electrons. The first-order valence-electron chi connectivity index (χ1n) is 6.78. The molecule has 1 aromatic heterocycles. The van der Waals surface area contributed by atoms with Gasteiger partial charge in [-0.05, 0) is 25.3 Å². The molecule has 0 fully saturated rings. The maximum Gasteiger partial charge on any atom is 0.146 e. The largest absolute Gasteiger partial charge is 0.329 e. The summed E-state index contributed by atoms with van der Waals surface area (Å²) in [6.45, 7) is 6.57. The maximum atomic E-state index is 12.5. The number of carbonyl (C=O) groups is 1. The summed E-state index contributed by atoms with van der Waals surface area (Å²) < 4.78 is 1.81. The number of carbonyl (C=O) groups excluding carboxylic acids is 1. The number of aromatic nitrogens is 2. The molecule has 0 saturated heterocycles. The summed E-state index contributed by atoms with van der Waals surface area (Å²) >= 11 is 0. The van der Waals surface area contributed by atoms with Crippen LogP contribution in [0.15, 0.2) is 6.07 Å². The monoisotopic (exact) mass is 251 g/mol. The van der Waals surface area contributed by atoms with E-state index < -0.39 is 0 Å². The average Bonchev–Trinajstić information content (AvgIpc) is 2.73. The first kappa shape index (κ1) is 14.9. The van der Waals surface area contributed by atoms with Crippen LogP contribution in [0.25, 0.3) is 0 Å². The Kier molecular flexibility index (Phi) is 5.08. The van der Waals surface area contributed by atoms with Gasteiger partial charge in [-0.3, -0.25) is 9.48 Å². The number of rotatable bonds is 7. The minimum atomic E-state index is -0.364. The van der Waals surface area contributed by atoms with Gasteiger partial charge in [-0.25, -0.2) is 0 Å². The van der Waals surface area contributed by atoms with Crippen molar-refractivity contribution < 1.29 is 4.79 Å². The highest BCUT2D eigenvalue weighted by Gasteiger charge is 2.33. The van der Waals surface area contributed by atoms with Gasteiger partial charge < -0.3 is 5.73 Å². The van der Waals surface area contributed by atoms with Crippen LogP contribution in [-0.4, -0.2) is 22.1 Å². The summed E-state index contributed by atoms with van der Waals surface area (Å²) in [6.07, 6.45) is 2.93. The third kappa shape index (κ3) is 2.80. The van der Waals surface area contributed by atoms with Crippen LogP contribution in [0.3, 0.4) is 0 Å². The number of ketones is 1. The molecule has 1 heterocycles. The van der Waals surface area contributed by atoms with Crippen molar-refractivity contribution in [1.29, 1.82) is 0 Å². The molecule has 1 aromatic rings. The highest BCUT2D eigenvalue weighted by atomic mass is 16.1. The second-order valence-corrected chi connectivity index (χ2v) is 4.90. The Bertz CT molecular complexity index is 397. The van der Waals surface area contributed by atoms with Crippen LogP contribution >= 0.6 is 0 Å². The van der Waals surface area contributed by atoms with Gasteiger partial charge in [0.1, 0.15) is 5.78 Å². The SMILES string of the molecule is CCc1cc(CC(=O)C(CC)(CC)CN)n(C)n1. The van der Waals surface area contributed by atoms with Gasteiger partial charge in [0.05, 0.1) is 5.69 Å². The van der Waals surface area contributed by atoms with Crippen molar-refractivity contribution in [2.24, 2.45) is 18.2 Å². The number of hydrogen-bond donors (Lipinski definition) is 1. The van der Waals surface area contributed by atoms with E-state index >= 15 is 0 Å². The van der Waals surface area contributed by atoms with E-state index in [1.807, 2.05) is 31.6 Å². The molecule has 18 heavy (non-hydrogen) atoms. The molecule has 0 radical (unpaired) electrons. The van der Waals surface area contributed by atoms with Crippen LogP contribution in [0.2, 0.25) is 0 Å². The Morgan fingerprint density at radius 3 is 2.39 bits per heavy atom. The van der Waals surface area contributed by atoms with E-state index in [0.29, 0.717) is 13.0 Å². The van der Waals surface area contributed by atoms with Crippen LogP contribution in [0.1, 0.15) is 45.0 Å². The van der Waals surface area contributed by atoms with Gasteiger partial charge in [0, 0.05) is 31.1 Å². The van der Waals surface area contributed by atoms with Crippen LogP contribution in [0.5, 0.6) is 0 Å². The van der Waals surface area contributed by atoms with Gasteiger partial charge in [0.25, 0.3) is 0 Å². The van der Waals surface area contributed by atoms with Gasteiger partial charge in [0.15, 0.2) is 0 Å². The Hall–Kier alpha value is -1.16. The third-order valence-corrected chi connectivity index (χ3v) is 4.07. The number of nitrogens with two attached hydrogens (primary N) is 1. The van der Waals surface area contributed by atoms with Crippen LogP contribution < -0.4 is 5.73 Å². The maximum absolute atomic E-state index is 12.5. The van der Waals surface area contributed by atoms with Crippen molar-refractivity contribution in [1.82, 2.24) is 9.78 Å². The molecule has 0 spiro atoms. The van der Waals surface area contributed by atoms with E-state index in [2.05, 4.69) is 12.0 Å². The zero-order chi connectivity index (χ0) is 13.8. The second kappa shape index (κ2) is 6.14. The van der Waals surface area contributed by atoms with Crippen molar-refractivity contribution in [2.75, 3.05) is 6.54 Å². The predicted octanol–water partition coefficient (Wildman–Crippen LogP) is 1.86. The molecule has 0 saturated carbocycles. The molecule has 0 unspecified atom stereocenters. The number of aryl methyl sites for hydroxylation is 2. The van der Waals surface area contributed by atoms with Gasteiger partial charge in [-0.15, -0.1) is 0 Å². The van der Waals surface area contributed by atoms with E-state index in [4.69, 9.17) is 5.73 Å². The van der Waals surface area contributed by atoms with Crippen molar-refractivity contribution in [2.45, 2.75) is 46.5 Å². The molecule has 0 aliphatic carbocycles. The topological polar surface area (TPSA) is 60.9 Å². The van der Waals surface area contributed by atoms with Crippen molar-refractivity contribution in [3.8, 4) is 0 Å². The molecule has 4 heteroatoms. The molecule has 0 amide bonds. The molecule has 0 atom stereocenters. The average molecular weight is 251 g/mol. The van der Waals surface area contributed by atoms with Crippen LogP contribution in [-0.2, 0) is 24.7 Å². The number of hydrogen-bond acceptors (Lipinski definition) is 3. The van der Waals surface area contributed by atoms with Crippen molar-refractivity contribution in [3.63, 3.8) is 0 Å². The minimum absolute atomic E-state index is 0.237. The molecular formula is C14H25N3O. The van der Waals surface area contributed by atoms with Crippen LogP contribution in [0.4, 0.5) is 0 Å². The zero-order valence-electron chi connectivity index (χ0n) is 12.0. The predicted molar refractivity (Wildman–Crippen MR) is 73.4 cm³/mol. The summed E-state index contributed by atoms with van der Waals surface area (Å²) in [4.78, 5) is 12.5. The van der Waals surface area contributed by atoms with Gasteiger partial charge in [-0.1, -0.05) is 20.8 Å². The standard InChI is InChI=1S/C14H25N3O/c1-5-11-8-12(17(4)16-11)9-13(18)14(6-2,7-3)10-15/h8H,5-7,9-10,15H2,1-4H3. The summed E-state index contributed by atoms with van der Waals surface area (Å²) in [5.74, 6) is 0.237. The summed E-state index contributed by atoms with van der Waals surface area (Å²) in [5.41, 5.74) is 7.46. The van der Waals surface area contributed by atoms with E-state index in [1.165, 1.54) is 0 Å². The fourth-order valence-electron chi connectivity index (χ4n) is 2.31. The molecule has 2 N–H and O–H groups in total. The third-order valence-electron chi connectivity index (χ3n) is 4.07. The number of Topliss-reactive ketones (excluding diaryl/α,β-unsaturated/α-hetero) is 1. The molecule has 1 rings (SSSR count). The lowest BCUT2D eigenvalue weighted by atomic mass is 9.77. The smallest absolute Gasteiger partial charge is 0.146 e. The highest BCUT2D eigenvalue weighted by molar-refractivity contribution is 5.86. The van der Waals surface area contributed by atoms with Crippen LogP contribution in [0, 0.1) is 5.41 Å². The first-order valence-corrected chi connectivity index (χ1v) is 6.78. The fraction of sp³-hybridized carbons (Fsp3) is 0.714. The Morgan fingerprint density at radius 2 is 2.00 bits per heavy atom. The van der Waals surface area contributed by atoms with Gasteiger partial charge >= 0.3 is 0 Å². The first-order chi connectivity index (χ1) is 8.52. The molecule has 0 bridgehead atoms. The van der Waals surface area contributed by atoms with E-state index in [-0.39, 0.29) is 11.2 Å². The molecule has 0 aliphatic heterocycles. The van der Waals surface area contributed by atoms with Gasteiger partial charge in [-0.2, -0.15) is 5.10 Å². The number of nitrogens with zero attached hydrogens (tertiary/aromatic N) is 2. The highest BCUT2D eigenvalue weighted by Crippen LogP contribution is 2.27. The zero-order valence-corrected chi connectivity index (χ0v) is 12.0. The lowest BCUT2D eigenvalue weighted by Gasteiger charge is -2.28. The van der Waals surface area contributed by atoms with E-state index in [9.17, 15) is 4.79 Å². The van der Waals surface area contributed by atoms with Crippen molar-refractivity contribution in [3.05, 3.63) is 17.5 Å². The second-order valence-electron chi connectivity index (χ2n) is 4.90. The Morgan fingerprint density at radius 1 is 1.39 bits per heavy atom. The van der Waals surface area contributed by atoms with Crippen molar-refractivity contribution >= 4 is 5.78 Å². The lowest BCUT2D eigenvalue weighted by Crippen LogP contribution is -2.38. The summed E-state index contributed by atoms with van der Waals surface area (Å²) in [6, 6.07) is 2.02. The quantitative estimate of drug-likeness (QED) is 0.804. The Balaban J connectivity index is 2.89.